The van der Waals surface area contributed by atoms with Gasteiger partial charge in [0.15, 0.2) is 5.11 Å². The Hall–Kier alpha value is -1.08. The Bertz CT molecular complexity index is 328. The Kier molecular flexibility index (Phi) is 6.32. The van der Waals surface area contributed by atoms with Crippen molar-refractivity contribution in [3.63, 3.8) is 0 Å². The van der Waals surface area contributed by atoms with Gasteiger partial charge >= 0.3 is 6.03 Å². The number of nitrogens with one attached hydrogen (secondary N) is 4. The largest absolute Gasteiger partial charge is 0.376 e. The van der Waals surface area contributed by atoms with E-state index in [0.29, 0.717) is 17.7 Å². The molecule has 114 valence electrons. The average molecular weight is 300 g/mol. The quantitative estimate of drug-likeness (QED) is 0.465. The van der Waals surface area contributed by atoms with Crippen LogP contribution in [0, 0.1) is 0 Å². The van der Waals surface area contributed by atoms with Crippen LogP contribution in [-0.4, -0.2) is 36.4 Å². The molecule has 0 spiro atoms. The third kappa shape index (κ3) is 5.50. The second-order valence-corrected chi connectivity index (χ2v) is 5.81. The van der Waals surface area contributed by atoms with Crippen molar-refractivity contribution in [2.24, 2.45) is 0 Å². The first kappa shape index (κ1) is 15.3. The third-order valence-corrected chi connectivity index (χ3v) is 3.99. The molecule has 2 fully saturated rings. The number of thiocarbonyl (C=S) groups is 1. The smallest absolute Gasteiger partial charge is 0.333 e. The third-order valence-electron chi connectivity index (χ3n) is 3.74. The molecule has 1 aliphatic carbocycles. The van der Waals surface area contributed by atoms with Gasteiger partial charge in [0.2, 0.25) is 0 Å². The normalized spacial score (nSPS) is 23.1. The van der Waals surface area contributed by atoms with Crippen molar-refractivity contribution in [3.05, 3.63) is 0 Å². The van der Waals surface area contributed by atoms with Gasteiger partial charge in [-0.15, -0.1) is 0 Å². The summed E-state index contributed by atoms with van der Waals surface area (Å²) >= 11 is 5.09. The Labute approximate surface area is 125 Å². The van der Waals surface area contributed by atoms with E-state index in [9.17, 15) is 4.79 Å². The number of ether oxygens (including phenoxy) is 1. The molecule has 1 aliphatic heterocycles. The zero-order chi connectivity index (χ0) is 14.2. The molecular formula is C13H24N4O2S. The first-order valence-electron chi connectivity index (χ1n) is 7.46. The highest BCUT2D eigenvalue weighted by Gasteiger charge is 2.16. The zero-order valence-electron chi connectivity index (χ0n) is 11.7. The number of hydrazine groups is 1. The fourth-order valence-corrected chi connectivity index (χ4v) is 2.77. The molecule has 0 radical (unpaired) electrons. The summed E-state index contributed by atoms with van der Waals surface area (Å²) in [6, 6.07) is 0.0668. The molecule has 1 saturated heterocycles. The Morgan fingerprint density at radius 3 is 2.60 bits per heavy atom. The fraction of sp³-hybridized carbons (Fsp3) is 0.846. The molecule has 7 heteroatoms. The lowest BCUT2D eigenvalue weighted by Crippen LogP contribution is -2.53. The van der Waals surface area contributed by atoms with Crippen molar-refractivity contribution in [2.45, 2.75) is 57.1 Å². The Balaban J connectivity index is 1.53. The van der Waals surface area contributed by atoms with Crippen molar-refractivity contribution in [3.8, 4) is 0 Å². The van der Waals surface area contributed by atoms with E-state index < -0.39 is 0 Å². The molecule has 0 aromatic carbocycles. The molecule has 0 bridgehead atoms. The first-order chi connectivity index (χ1) is 9.74. The molecule has 1 heterocycles. The minimum Gasteiger partial charge on any atom is -0.376 e. The van der Waals surface area contributed by atoms with Crippen LogP contribution in [-0.2, 0) is 4.74 Å². The summed E-state index contributed by atoms with van der Waals surface area (Å²) in [5.74, 6) is 0. The van der Waals surface area contributed by atoms with Gasteiger partial charge in [-0.25, -0.2) is 10.2 Å². The summed E-state index contributed by atoms with van der Waals surface area (Å²) in [5, 5.41) is 6.40. The maximum Gasteiger partial charge on any atom is 0.333 e. The van der Waals surface area contributed by atoms with Crippen molar-refractivity contribution in [1.29, 1.82) is 0 Å². The molecule has 20 heavy (non-hydrogen) atoms. The van der Waals surface area contributed by atoms with E-state index in [1.165, 1.54) is 19.3 Å². The van der Waals surface area contributed by atoms with Gasteiger partial charge in [0.1, 0.15) is 0 Å². The molecule has 0 aromatic heterocycles. The van der Waals surface area contributed by atoms with Crippen LogP contribution in [0.2, 0.25) is 0 Å². The molecule has 0 unspecified atom stereocenters. The molecule has 2 amide bonds. The van der Waals surface area contributed by atoms with Crippen LogP contribution in [0.25, 0.3) is 0 Å². The summed E-state index contributed by atoms with van der Waals surface area (Å²) in [6.45, 7) is 1.51. The highest BCUT2D eigenvalue weighted by molar-refractivity contribution is 7.80. The number of rotatable bonds is 3. The SMILES string of the molecule is O=C(NNC(=S)NC[C@H]1CCCO1)NC1CCCCC1. The summed E-state index contributed by atoms with van der Waals surface area (Å²) < 4.78 is 5.48. The van der Waals surface area contributed by atoms with Gasteiger partial charge in [-0.05, 0) is 37.9 Å². The van der Waals surface area contributed by atoms with E-state index in [2.05, 4.69) is 21.5 Å². The molecule has 2 rings (SSSR count). The van der Waals surface area contributed by atoms with Crippen molar-refractivity contribution >= 4 is 23.4 Å². The summed E-state index contributed by atoms with van der Waals surface area (Å²) in [4.78, 5) is 11.7. The maximum absolute atomic E-state index is 11.7. The van der Waals surface area contributed by atoms with Crippen LogP contribution in [0.5, 0.6) is 0 Å². The highest BCUT2D eigenvalue weighted by Crippen LogP contribution is 2.17. The van der Waals surface area contributed by atoms with E-state index in [4.69, 9.17) is 17.0 Å². The van der Waals surface area contributed by atoms with Gasteiger partial charge in [0.25, 0.3) is 0 Å². The Morgan fingerprint density at radius 1 is 1.10 bits per heavy atom. The molecule has 6 nitrogen and oxygen atoms in total. The lowest BCUT2D eigenvalue weighted by molar-refractivity contribution is 0.114. The van der Waals surface area contributed by atoms with Crippen LogP contribution >= 0.6 is 12.2 Å². The molecule has 1 atom stereocenters. The molecule has 2 aliphatic rings. The Morgan fingerprint density at radius 2 is 1.90 bits per heavy atom. The van der Waals surface area contributed by atoms with E-state index in [1.54, 1.807) is 0 Å². The summed E-state index contributed by atoms with van der Waals surface area (Å²) in [6.07, 6.45) is 8.18. The van der Waals surface area contributed by atoms with Crippen molar-refractivity contribution in [2.75, 3.05) is 13.2 Å². The molecular weight excluding hydrogens is 276 g/mol. The lowest BCUT2D eigenvalue weighted by Gasteiger charge is -2.23. The molecule has 0 aromatic rings. The van der Waals surface area contributed by atoms with Crippen LogP contribution in [0.4, 0.5) is 4.79 Å². The standard InChI is InChI=1S/C13H24N4O2S/c18-12(15-10-5-2-1-3-6-10)16-17-13(20)14-9-11-7-4-8-19-11/h10-11H,1-9H2,(H2,14,17,20)(H2,15,16,18)/t11-/m1/s1. The molecule has 1 saturated carbocycles. The van der Waals surface area contributed by atoms with E-state index in [0.717, 1.165) is 32.3 Å². The second-order valence-electron chi connectivity index (χ2n) is 5.40. The fourth-order valence-electron chi connectivity index (χ4n) is 2.64. The van der Waals surface area contributed by atoms with Crippen molar-refractivity contribution in [1.82, 2.24) is 21.5 Å². The average Bonchev–Trinajstić information content (AvgIpc) is 2.97. The van der Waals surface area contributed by atoms with Gasteiger partial charge in [0.05, 0.1) is 6.10 Å². The van der Waals surface area contributed by atoms with Gasteiger partial charge in [0, 0.05) is 19.2 Å². The van der Waals surface area contributed by atoms with E-state index >= 15 is 0 Å². The topological polar surface area (TPSA) is 74.4 Å². The molecule has 4 N–H and O–H groups in total. The van der Waals surface area contributed by atoms with Crippen molar-refractivity contribution < 1.29 is 9.53 Å². The monoisotopic (exact) mass is 300 g/mol. The van der Waals surface area contributed by atoms with Gasteiger partial charge in [-0.1, -0.05) is 19.3 Å². The summed E-state index contributed by atoms with van der Waals surface area (Å²) in [5.41, 5.74) is 5.26. The van der Waals surface area contributed by atoms with Crippen LogP contribution in [0.1, 0.15) is 44.9 Å². The van der Waals surface area contributed by atoms with Crippen LogP contribution in [0.15, 0.2) is 0 Å². The van der Waals surface area contributed by atoms with Gasteiger partial charge in [-0.2, -0.15) is 0 Å². The number of urea groups is 1. The lowest BCUT2D eigenvalue weighted by atomic mass is 9.96. The predicted molar refractivity (Wildman–Crippen MR) is 81.3 cm³/mol. The minimum atomic E-state index is -0.224. The van der Waals surface area contributed by atoms with Gasteiger partial charge in [-0.3, -0.25) is 5.43 Å². The number of hydrogen-bond donors (Lipinski definition) is 4. The number of carbonyl (C=O) groups is 1. The maximum atomic E-state index is 11.7. The second kappa shape index (κ2) is 8.26. The van der Waals surface area contributed by atoms with Crippen LogP contribution in [0.3, 0.4) is 0 Å². The summed E-state index contributed by atoms with van der Waals surface area (Å²) in [7, 11) is 0. The number of carbonyl (C=O) groups excluding carboxylic acids is 1. The zero-order valence-corrected chi connectivity index (χ0v) is 12.6. The van der Waals surface area contributed by atoms with Crippen LogP contribution < -0.4 is 21.5 Å². The van der Waals surface area contributed by atoms with E-state index in [1.807, 2.05) is 0 Å². The first-order valence-corrected chi connectivity index (χ1v) is 7.87. The minimum absolute atomic E-state index is 0.224. The number of amides is 2. The van der Waals surface area contributed by atoms with E-state index in [-0.39, 0.29) is 12.1 Å². The highest BCUT2D eigenvalue weighted by atomic mass is 32.1. The number of hydrogen-bond acceptors (Lipinski definition) is 3. The van der Waals surface area contributed by atoms with Gasteiger partial charge < -0.3 is 15.4 Å². The predicted octanol–water partition coefficient (Wildman–Crippen LogP) is 1.18.